The molecule has 0 aliphatic carbocycles. The first-order valence-corrected chi connectivity index (χ1v) is 12.3. The molecule has 8 heteroatoms. The van der Waals surface area contributed by atoms with Gasteiger partial charge in [-0.05, 0) is 62.2 Å². The Bertz CT molecular complexity index is 1080. The highest BCUT2D eigenvalue weighted by Crippen LogP contribution is 2.40. The van der Waals surface area contributed by atoms with Crippen molar-refractivity contribution >= 4 is 29.1 Å². The van der Waals surface area contributed by atoms with Crippen LogP contribution in [0.25, 0.3) is 5.76 Å². The van der Waals surface area contributed by atoms with Crippen LogP contribution in [0.4, 0.5) is 0 Å². The standard InChI is InChI=1S/C27H31ClN2O5/c1-18(2)35-22-10-6-19(7-11-22)24-23(25(31)20-4-8-21(28)9-5-20)26(32)27(33)30(24)13-3-12-29-14-16-34-17-15-29/h4-11,18,24,31H,3,12-17H2,1-2H3/t24-/m0/s1. The fourth-order valence-electron chi connectivity index (χ4n) is 4.51. The number of aliphatic hydroxyl groups is 1. The summed E-state index contributed by atoms with van der Waals surface area (Å²) in [6.45, 7) is 8.22. The van der Waals surface area contributed by atoms with E-state index in [0.717, 1.165) is 25.2 Å². The SMILES string of the molecule is CC(C)Oc1ccc([C@H]2C(=C(O)c3ccc(Cl)cc3)C(=O)C(=O)N2CCCN2CCOCC2)cc1. The maximum Gasteiger partial charge on any atom is 0.295 e. The van der Waals surface area contributed by atoms with Crippen LogP contribution in [0.15, 0.2) is 54.1 Å². The van der Waals surface area contributed by atoms with Crippen LogP contribution in [0, 0.1) is 0 Å². The maximum atomic E-state index is 13.2. The minimum Gasteiger partial charge on any atom is -0.507 e. The zero-order chi connectivity index (χ0) is 24.9. The number of hydrogen-bond acceptors (Lipinski definition) is 6. The molecule has 1 amide bonds. The number of rotatable bonds is 8. The molecule has 0 radical (unpaired) electrons. The number of amides is 1. The van der Waals surface area contributed by atoms with Crippen LogP contribution < -0.4 is 4.74 Å². The molecule has 0 spiro atoms. The van der Waals surface area contributed by atoms with Gasteiger partial charge in [0.25, 0.3) is 11.7 Å². The van der Waals surface area contributed by atoms with Gasteiger partial charge in [0, 0.05) is 36.8 Å². The van der Waals surface area contributed by atoms with Crippen LogP contribution >= 0.6 is 11.6 Å². The summed E-state index contributed by atoms with van der Waals surface area (Å²) < 4.78 is 11.2. The predicted octanol–water partition coefficient (Wildman–Crippen LogP) is 4.27. The molecule has 2 aliphatic heterocycles. The molecular formula is C27H31ClN2O5. The van der Waals surface area contributed by atoms with Gasteiger partial charge in [0.05, 0.1) is 30.9 Å². The van der Waals surface area contributed by atoms with E-state index < -0.39 is 17.7 Å². The number of hydrogen-bond donors (Lipinski definition) is 1. The molecule has 0 unspecified atom stereocenters. The second-order valence-electron chi connectivity index (χ2n) is 9.04. The van der Waals surface area contributed by atoms with E-state index in [1.807, 2.05) is 38.1 Å². The summed E-state index contributed by atoms with van der Waals surface area (Å²) in [6, 6.07) is 13.2. The largest absolute Gasteiger partial charge is 0.507 e. The lowest BCUT2D eigenvalue weighted by Gasteiger charge is -2.29. The van der Waals surface area contributed by atoms with Crippen LogP contribution in [-0.4, -0.2) is 72.1 Å². The lowest BCUT2D eigenvalue weighted by atomic mass is 9.95. The first kappa shape index (κ1) is 25.2. The van der Waals surface area contributed by atoms with Gasteiger partial charge in [0.1, 0.15) is 11.5 Å². The Hall–Kier alpha value is -2.87. The van der Waals surface area contributed by atoms with Gasteiger partial charge in [0.2, 0.25) is 0 Å². The quantitative estimate of drug-likeness (QED) is 0.332. The van der Waals surface area contributed by atoms with Crippen molar-refractivity contribution in [2.45, 2.75) is 32.4 Å². The zero-order valence-corrected chi connectivity index (χ0v) is 20.8. The Morgan fingerprint density at radius 2 is 1.71 bits per heavy atom. The normalized spacial score (nSPS) is 20.6. The van der Waals surface area contributed by atoms with Crippen molar-refractivity contribution in [3.8, 4) is 5.75 Å². The van der Waals surface area contributed by atoms with Crippen molar-refractivity contribution in [2.75, 3.05) is 39.4 Å². The number of ether oxygens (including phenoxy) is 2. The Balaban J connectivity index is 1.66. The molecule has 2 heterocycles. The minimum absolute atomic E-state index is 0.0246. The average Bonchev–Trinajstić information content (AvgIpc) is 3.10. The predicted molar refractivity (Wildman–Crippen MR) is 135 cm³/mol. The van der Waals surface area contributed by atoms with Gasteiger partial charge < -0.3 is 19.5 Å². The number of carbonyl (C=O) groups is 2. The summed E-state index contributed by atoms with van der Waals surface area (Å²) in [5.74, 6) is -0.791. The Labute approximate surface area is 210 Å². The molecule has 4 rings (SSSR count). The summed E-state index contributed by atoms with van der Waals surface area (Å²) in [6.07, 6.45) is 0.732. The highest BCUT2D eigenvalue weighted by molar-refractivity contribution is 6.46. The third-order valence-corrected chi connectivity index (χ3v) is 6.45. The highest BCUT2D eigenvalue weighted by atomic mass is 35.5. The average molecular weight is 499 g/mol. The molecule has 0 bridgehead atoms. The number of nitrogens with zero attached hydrogens (tertiary/aromatic N) is 2. The summed E-state index contributed by atoms with van der Waals surface area (Å²) in [4.78, 5) is 30.2. The van der Waals surface area contributed by atoms with Crippen LogP contribution in [0.3, 0.4) is 0 Å². The molecule has 2 aromatic rings. The van der Waals surface area contributed by atoms with Gasteiger partial charge in [-0.3, -0.25) is 14.5 Å². The molecule has 2 saturated heterocycles. The van der Waals surface area contributed by atoms with Crippen LogP contribution in [0.1, 0.15) is 37.4 Å². The van der Waals surface area contributed by atoms with Gasteiger partial charge in [-0.25, -0.2) is 0 Å². The number of carbonyl (C=O) groups excluding carboxylic acids is 2. The van der Waals surface area contributed by atoms with Gasteiger partial charge in [0.15, 0.2) is 0 Å². The molecule has 0 saturated carbocycles. The van der Waals surface area contributed by atoms with E-state index in [4.69, 9.17) is 21.1 Å². The zero-order valence-electron chi connectivity index (χ0n) is 20.1. The number of morpholine rings is 1. The molecule has 35 heavy (non-hydrogen) atoms. The molecule has 2 fully saturated rings. The lowest BCUT2D eigenvalue weighted by Crippen LogP contribution is -2.38. The number of benzene rings is 2. The third-order valence-electron chi connectivity index (χ3n) is 6.20. The molecule has 2 aromatic carbocycles. The first-order valence-electron chi connectivity index (χ1n) is 12.0. The summed E-state index contributed by atoms with van der Waals surface area (Å²) in [5.41, 5.74) is 1.26. The fraction of sp³-hybridized carbons (Fsp3) is 0.407. The van der Waals surface area contributed by atoms with Crippen molar-refractivity contribution < 1.29 is 24.2 Å². The van der Waals surface area contributed by atoms with Crippen molar-refractivity contribution in [2.24, 2.45) is 0 Å². The Morgan fingerprint density at radius 1 is 1.06 bits per heavy atom. The molecule has 1 atom stereocenters. The summed E-state index contributed by atoms with van der Waals surface area (Å²) >= 11 is 6.00. The fourth-order valence-corrected chi connectivity index (χ4v) is 4.64. The maximum absolute atomic E-state index is 13.2. The number of aliphatic hydroxyl groups excluding tert-OH is 1. The van der Waals surface area contributed by atoms with Crippen LogP contribution in [0.2, 0.25) is 5.02 Å². The van der Waals surface area contributed by atoms with E-state index in [2.05, 4.69) is 4.90 Å². The van der Waals surface area contributed by atoms with E-state index in [9.17, 15) is 14.7 Å². The van der Waals surface area contributed by atoms with Crippen molar-refractivity contribution in [1.82, 2.24) is 9.80 Å². The monoisotopic (exact) mass is 498 g/mol. The number of Topliss-reactive ketones (excluding diaryl/α,β-unsaturated/α-hetero) is 1. The molecule has 0 aromatic heterocycles. The molecule has 7 nitrogen and oxygen atoms in total. The van der Waals surface area contributed by atoms with Crippen molar-refractivity contribution in [3.05, 3.63) is 70.3 Å². The second-order valence-corrected chi connectivity index (χ2v) is 9.48. The van der Waals surface area contributed by atoms with Gasteiger partial charge in [-0.2, -0.15) is 0 Å². The van der Waals surface area contributed by atoms with E-state index in [1.54, 1.807) is 29.2 Å². The third kappa shape index (κ3) is 5.86. The first-order chi connectivity index (χ1) is 16.8. The number of ketones is 1. The summed E-state index contributed by atoms with van der Waals surface area (Å²) in [7, 11) is 0. The van der Waals surface area contributed by atoms with Crippen molar-refractivity contribution in [3.63, 3.8) is 0 Å². The van der Waals surface area contributed by atoms with Crippen molar-refractivity contribution in [1.29, 1.82) is 0 Å². The second kappa shape index (κ2) is 11.2. The highest BCUT2D eigenvalue weighted by Gasteiger charge is 2.45. The minimum atomic E-state index is -0.691. The molecule has 2 aliphatic rings. The molecule has 1 N–H and O–H groups in total. The topological polar surface area (TPSA) is 79.3 Å². The lowest BCUT2D eigenvalue weighted by molar-refractivity contribution is -0.140. The smallest absolute Gasteiger partial charge is 0.295 e. The Kier molecular flexibility index (Phi) is 8.11. The van der Waals surface area contributed by atoms with Gasteiger partial charge >= 0.3 is 0 Å². The van der Waals surface area contributed by atoms with Crippen LogP contribution in [0.5, 0.6) is 5.75 Å². The van der Waals surface area contributed by atoms with E-state index in [1.165, 1.54) is 0 Å². The van der Waals surface area contributed by atoms with Gasteiger partial charge in [-0.15, -0.1) is 0 Å². The Morgan fingerprint density at radius 3 is 2.34 bits per heavy atom. The molecular weight excluding hydrogens is 468 g/mol. The van der Waals surface area contributed by atoms with E-state index in [0.29, 0.717) is 42.5 Å². The van der Waals surface area contributed by atoms with E-state index in [-0.39, 0.29) is 17.4 Å². The van der Waals surface area contributed by atoms with Crippen LogP contribution in [-0.2, 0) is 14.3 Å². The summed E-state index contributed by atoms with van der Waals surface area (Å²) in [5, 5.41) is 11.7. The van der Waals surface area contributed by atoms with E-state index >= 15 is 0 Å². The molecule has 186 valence electrons. The number of halogens is 1. The van der Waals surface area contributed by atoms with Gasteiger partial charge in [-0.1, -0.05) is 23.7 Å². The number of likely N-dealkylation sites (tertiary alicyclic amines) is 1.